The van der Waals surface area contributed by atoms with Gasteiger partial charge in [0.2, 0.25) is 6.79 Å². The zero-order chi connectivity index (χ0) is 23.2. The molecule has 34 heavy (non-hydrogen) atoms. The minimum atomic E-state index is 0.0151. The van der Waals surface area contributed by atoms with Crippen LogP contribution in [0, 0.1) is 13.8 Å². The standard InChI is InChI=1S/C27H30N4O2S/c1-17-14-21(18(2)30(17)20-11-12-23-24(15-20)33-16-32-23)26-25(22-10-6-7-13-28-22)29-27(34)31(26)19-8-4-3-5-9-19/h6-7,10-15,19,25-26H,3-5,8-9,16H2,1-2H3,(H,29,34)/t25-,26+/m0/s1. The summed E-state index contributed by atoms with van der Waals surface area (Å²) in [6, 6.07) is 15.2. The van der Waals surface area contributed by atoms with E-state index in [-0.39, 0.29) is 18.9 Å². The predicted molar refractivity (Wildman–Crippen MR) is 136 cm³/mol. The second-order valence-electron chi connectivity index (χ2n) is 9.53. The zero-order valence-electron chi connectivity index (χ0n) is 19.7. The van der Waals surface area contributed by atoms with E-state index >= 15 is 0 Å². The molecule has 2 atom stereocenters. The summed E-state index contributed by atoms with van der Waals surface area (Å²) in [4.78, 5) is 7.21. The number of ether oxygens (including phenoxy) is 2. The Morgan fingerprint density at radius 1 is 1.00 bits per heavy atom. The van der Waals surface area contributed by atoms with Gasteiger partial charge in [-0.05, 0) is 74.8 Å². The van der Waals surface area contributed by atoms with Crippen molar-refractivity contribution in [3.63, 3.8) is 0 Å². The molecule has 0 radical (unpaired) electrons. The molecule has 7 heteroatoms. The summed E-state index contributed by atoms with van der Waals surface area (Å²) in [5, 5.41) is 4.49. The van der Waals surface area contributed by atoms with Gasteiger partial charge in [-0.3, -0.25) is 4.98 Å². The Morgan fingerprint density at radius 3 is 2.62 bits per heavy atom. The van der Waals surface area contributed by atoms with Crippen molar-refractivity contribution in [2.24, 2.45) is 0 Å². The topological polar surface area (TPSA) is 51.6 Å². The van der Waals surface area contributed by atoms with Crippen LogP contribution in [0.15, 0.2) is 48.7 Å². The average Bonchev–Trinajstić information content (AvgIpc) is 3.54. The third kappa shape index (κ3) is 3.54. The van der Waals surface area contributed by atoms with Crippen LogP contribution in [0.3, 0.4) is 0 Å². The van der Waals surface area contributed by atoms with E-state index in [1.807, 2.05) is 18.3 Å². The molecule has 4 heterocycles. The highest BCUT2D eigenvalue weighted by Gasteiger charge is 2.44. The molecule has 2 fully saturated rings. The number of hydrogen-bond donors (Lipinski definition) is 1. The minimum absolute atomic E-state index is 0.0151. The average molecular weight is 475 g/mol. The van der Waals surface area contributed by atoms with Crippen LogP contribution in [-0.4, -0.2) is 32.4 Å². The van der Waals surface area contributed by atoms with E-state index < -0.39 is 0 Å². The molecule has 0 bridgehead atoms. The molecule has 0 spiro atoms. The van der Waals surface area contributed by atoms with Gasteiger partial charge in [0.1, 0.15) is 0 Å². The first kappa shape index (κ1) is 21.5. The number of pyridine rings is 1. The van der Waals surface area contributed by atoms with Crippen molar-refractivity contribution in [1.29, 1.82) is 0 Å². The largest absolute Gasteiger partial charge is 0.454 e. The summed E-state index contributed by atoms with van der Waals surface area (Å²) in [5.41, 5.74) is 5.81. The van der Waals surface area contributed by atoms with Gasteiger partial charge in [0, 0.05) is 35.4 Å². The Labute approximate surface area is 205 Å². The lowest BCUT2D eigenvalue weighted by molar-refractivity contribution is 0.174. The SMILES string of the molecule is Cc1cc([C@@H]2[C@H](c3ccccn3)NC(=S)N2C2CCCCC2)c(C)n1-c1ccc2c(c1)OCO2. The number of thiocarbonyl (C=S) groups is 1. The molecule has 2 aliphatic heterocycles. The third-order valence-electron chi connectivity index (χ3n) is 7.51. The molecule has 1 aliphatic carbocycles. The Morgan fingerprint density at radius 2 is 1.82 bits per heavy atom. The molecule has 3 aliphatic rings. The number of nitrogens with one attached hydrogen (secondary N) is 1. The van der Waals surface area contributed by atoms with E-state index in [0.717, 1.165) is 28.0 Å². The van der Waals surface area contributed by atoms with Crippen LogP contribution in [0.4, 0.5) is 0 Å². The predicted octanol–water partition coefficient (Wildman–Crippen LogP) is 5.52. The van der Waals surface area contributed by atoms with E-state index in [9.17, 15) is 0 Å². The molecular weight excluding hydrogens is 444 g/mol. The fourth-order valence-corrected chi connectivity index (χ4v) is 6.35. The Hall–Kier alpha value is -3.06. The highest BCUT2D eigenvalue weighted by atomic mass is 32.1. The van der Waals surface area contributed by atoms with Crippen LogP contribution in [0.5, 0.6) is 11.5 Å². The third-order valence-corrected chi connectivity index (χ3v) is 7.84. The van der Waals surface area contributed by atoms with Crippen molar-refractivity contribution in [3.8, 4) is 17.2 Å². The first-order valence-electron chi connectivity index (χ1n) is 12.2. The first-order valence-corrected chi connectivity index (χ1v) is 12.6. The molecule has 176 valence electrons. The van der Waals surface area contributed by atoms with Crippen molar-refractivity contribution in [2.45, 2.75) is 64.1 Å². The van der Waals surface area contributed by atoms with Gasteiger partial charge in [0.25, 0.3) is 0 Å². The second-order valence-corrected chi connectivity index (χ2v) is 9.91. The quantitative estimate of drug-likeness (QED) is 0.502. The zero-order valence-corrected chi connectivity index (χ0v) is 20.5. The lowest BCUT2D eigenvalue weighted by Gasteiger charge is -2.37. The van der Waals surface area contributed by atoms with Crippen molar-refractivity contribution >= 4 is 17.3 Å². The lowest BCUT2D eigenvalue weighted by Crippen LogP contribution is -2.40. The lowest BCUT2D eigenvalue weighted by atomic mass is 9.90. The molecule has 1 N–H and O–H groups in total. The van der Waals surface area contributed by atoms with Gasteiger partial charge in [-0.25, -0.2) is 0 Å². The fourth-order valence-electron chi connectivity index (χ4n) is 5.96. The van der Waals surface area contributed by atoms with E-state index in [1.54, 1.807) is 0 Å². The van der Waals surface area contributed by atoms with Crippen molar-refractivity contribution < 1.29 is 9.47 Å². The van der Waals surface area contributed by atoms with Gasteiger partial charge in [0.15, 0.2) is 16.6 Å². The summed E-state index contributed by atoms with van der Waals surface area (Å²) in [6.45, 7) is 4.66. The first-order chi connectivity index (χ1) is 16.6. The maximum Gasteiger partial charge on any atom is 0.231 e. The molecule has 1 saturated heterocycles. The van der Waals surface area contributed by atoms with E-state index in [1.165, 1.54) is 49.1 Å². The summed E-state index contributed by atoms with van der Waals surface area (Å²) in [7, 11) is 0. The molecule has 1 aromatic carbocycles. The van der Waals surface area contributed by atoms with E-state index in [4.69, 9.17) is 26.7 Å². The number of hydrogen-bond acceptors (Lipinski definition) is 4. The van der Waals surface area contributed by atoms with Gasteiger partial charge in [0.05, 0.1) is 17.8 Å². The van der Waals surface area contributed by atoms with Crippen molar-refractivity contribution in [1.82, 2.24) is 19.8 Å². The molecule has 2 aromatic heterocycles. The monoisotopic (exact) mass is 474 g/mol. The summed E-state index contributed by atoms with van der Waals surface area (Å²) in [5.74, 6) is 1.60. The molecular formula is C27H30N4O2S. The van der Waals surface area contributed by atoms with Gasteiger partial charge >= 0.3 is 0 Å². The maximum absolute atomic E-state index is 5.96. The van der Waals surface area contributed by atoms with Gasteiger partial charge in [-0.2, -0.15) is 0 Å². The van der Waals surface area contributed by atoms with Crippen LogP contribution in [-0.2, 0) is 0 Å². The highest BCUT2D eigenvalue weighted by Crippen LogP contribution is 2.45. The van der Waals surface area contributed by atoms with Crippen LogP contribution < -0.4 is 14.8 Å². The normalized spacial score (nSPS) is 22.3. The minimum Gasteiger partial charge on any atom is -0.454 e. The highest BCUT2D eigenvalue weighted by molar-refractivity contribution is 7.80. The number of benzene rings is 1. The van der Waals surface area contributed by atoms with Crippen molar-refractivity contribution in [2.75, 3.05) is 6.79 Å². The van der Waals surface area contributed by atoms with Gasteiger partial charge in [-0.1, -0.05) is 25.3 Å². The van der Waals surface area contributed by atoms with E-state index in [2.05, 4.69) is 59.0 Å². The Kier molecular flexibility index (Phi) is 5.44. The number of rotatable bonds is 4. The maximum atomic E-state index is 5.96. The Bertz CT molecular complexity index is 1220. The summed E-state index contributed by atoms with van der Waals surface area (Å²) >= 11 is 5.96. The number of aryl methyl sites for hydroxylation is 1. The molecule has 6 nitrogen and oxygen atoms in total. The van der Waals surface area contributed by atoms with Crippen LogP contribution >= 0.6 is 12.2 Å². The van der Waals surface area contributed by atoms with Crippen molar-refractivity contribution in [3.05, 3.63) is 71.3 Å². The number of aromatic nitrogens is 2. The fraction of sp³-hybridized carbons (Fsp3) is 0.407. The van der Waals surface area contributed by atoms with E-state index in [0.29, 0.717) is 6.04 Å². The summed E-state index contributed by atoms with van der Waals surface area (Å²) < 4.78 is 13.5. The number of nitrogens with zero attached hydrogens (tertiary/aromatic N) is 3. The Balaban J connectivity index is 1.45. The van der Waals surface area contributed by atoms with Gasteiger partial charge in [-0.15, -0.1) is 0 Å². The molecule has 0 amide bonds. The molecule has 1 saturated carbocycles. The second kappa shape index (κ2) is 8.62. The smallest absolute Gasteiger partial charge is 0.231 e. The molecule has 3 aromatic rings. The van der Waals surface area contributed by atoms with Gasteiger partial charge < -0.3 is 24.3 Å². The van der Waals surface area contributed by atoms with Crippen LogP contribution in [0.25, 0.3) is 5.69 Å². The number of fused-ring (bicyclic) bond motifs is 1. The van der Waals surface area contributed by atoms with Crippen LogP contribution in [0.2, 0.25) is 0 Å². The molecule has 6 rings (SSSR count). The summed E-state index contributed by atoms with van der Waals surface area (Å²) in [6.07, 6.45) is 8.10. The van der Waals surface area contributed by atoms with Crippen LogP contribution in [0.1, 0.15) is 66.8 Å². The molecule has 0 unspecified atom stereocenters.